The maximum atomic E-state index is 5.66. The molecule has 1 aromatic carbocycles. The smallest absolute Gasteiger partial charge is 0.222 e. The van der Waals surface area contributed by atoms with Gasteiger partial charge in [-0.1, -0.05) is 12.1 Å². The van der Waals surface area contributed by atoms with Crippen LogP contribution >= 0.6 is 11.8 Å². The zero-order chi connectivity index (χ0) is 11.4. The van der Waals surface area contributed by atoms with Crippen LogP contribution < -0.4 is 11.1 Å². The average molecular weight is 234 g/mol. The Morgan fingerprint density at radius 2 is 2.12 bits per heavy atom. The van der Waals surface area contributed by atoms with Crippen molar-refractivity contribution in [2.75, 3.05) is 29.6 Å². The molecule has 0 unspecified atom stereocenters. The van der Waals surface area contributed by atoms with Gasteiger partial charge >= 0.3 is 0 Å². The summed E-state index contributed by atoms with van der Waals surface area (Å²) in [4.78, 5) is 8.41. The van der Waals surface area contributed by atoms with E-state index < -0.39 is 0 Å². The van der Waals surface area contributed by atoms with Gasteiger partial charge in [-0.15, -0.1) is 0 Å². The van der Waals surface area contributed by atoms with Gasteiger partial charge in [-0.25, -0.2) is 4.98 Å². The van der Waals surface area contributed by atoms with Gasteiger partial charge in [-0.2, -0.15) is 16.7 Å². The van der Waals surface area contributed by atoms with Crippen LogP contribution in [0.15, 0.2) is 24.3 Å². The summed E-state index contributed by atoms with van der Waals surface area (Å²) >= 11 is 1.79. The molecule has 0 radical (unpaired) electrons. The number of nitrogen functional groups attached to an aromatic ring is 1. The average Bonchev–Trinajstić information content (AvgIpc) is 2.29. The summed E-state index contributed by atoms with van der Waals surface area (Å²) in [5.74, 6) is 2.17. The van der Waals surface area contributed by atoms with Crippen LogP contribution in [0.25, 0.3) is 10.9 Å². The summed E-state index contributed by atoms with van der Waals surface area (Å²) < 4.78 is 0. The van der Waals surface area contributed by atoms with Gasteiger partial charge in [-0.3, -0.25) is 0 Å². The lowest BCUT2D eigenvalue weighted by molar-refractivity contribution is 1.16. The molecule has 0 aliphatic heterocycles. The number of nitrogens with one attached hydrogen (secondary N) is 1. The highest BCUT2D eigenvalue weighted by atomic mass is 32.2. The fraction of sp³-hybridized carbons (Fsp3) is 0.273. The summed E-state index contributed by atoms with van der Waals surface area (Å²) in [5, 5.41) is 4.29. The highest BCUT2D eigenvalue weighted by Gasteiger charge is 2.04. The van der Waals surface area contributed by atoms with Crippen molar-refractivity contribution in [3.8, 4) is 0 Å². The second-order valence-electron chi connectivity index (χ2n) is 3.37. The van der Waals surface area contributed by atoms with Gasteiger partial charge in [0, 0.05) is 17.7 Å². The number of aromatic nitrogens is 2. The molecule has 5 heteroatoms. The van der Waals surface area contributed by atoms with Gasteiger partial charge < -0.3 is 11.1 Å². The van der Waals surface area contributed by atoms with Crippen molar-refractivity contribution in [3.63, 3.8) is 0 Å². The highest BCUT2D eigenvalue weighted by Crippen LogP contribution is 2.20. The Balaban J connectivity index is 2.34. The Morgan fingerprint density at radius 3 is 2.94 bits per heavy atom. The number of benzene rings is 1. The van der Waals surface area contributed by atoms with Crippen LogP contribution in [0.3, 0.4) is 0 Å². The summed E-state index contributed by atoms with van der Waals surface area (Å²) in [6.45, 7) is 0.877. The first-order valence-corrected chi connectivity index (χ1v) is 6.45. The van der Waals surface area contributed by atoms with Gasteiger partial charge in [0.05, 0.1) is 5.52 Å². The van der Waals surface area contributed by atoms with Crippen LogP contribution in [-0.2, 0) is 0 Å². The molecule has 0 atom stereocenters. The Morgan fingerprint density at radius 1 is 1.31 bits per heavy atom. The molecule has 3 N–H and O–H groups in total. The minimum atomic E-state index is 0.311. The predicted molar refractivity (Wildman–Crippen MR) is 70.8 cm³/mol. The van der Waals surface area contributed by atoms with Crippen molar-refractivity contribution in [1.82, 2.24) is 9.97 Å². The second-order valence-corrected chi connectivity index (χ2v) is 4.35. The van der Waals surface area contributed by atoms with Crippen LogP contribution in [0.2, 0.25) is 0 Å². The van der Waals surface area contributed by atoms with E-state index in [0.29, 0.717) is 5.95 Å². The van der Waals surface area contributed by atoms with Crippen LogP contribution in [0.5, 0.6) is 0 Å². The molecule has 2 rings (SSSR count). The van der Waals surface area contributed by atoms with E-state index in [1.807, 2.05) is 24.3 Å². The second kappa shape index (κ2) is 5.03. The fourth-order valence-corrected chi connectivity index (χ4v) is 1.81. The summed E-state index contributed by atoms with van der Waals surface area (Å²) in [6, 6.07) is 7.85. The third kappa shape index (κ3) is 2.36. The summed E-state index contributed by atoms with van der Waals surface area (Å²) in [5.41, 5.74) is 6.54. The molecule has 0 bridgehead atoms. The van der Waals surface area contributed by atoms with Crippen molar-refractivity contribution < 1.29 is 0 Å². The number of anilines is 2. The first-order chi connectivity index (χ1) is 7.81. The molecule has 16 heavy (non-hydrogen) atoms. The van der Waals surface area contributed by atoms with E-state index in [-0.39, 0.29) is 0 Å². The molecular formula is C11H14N4S. The molecule has 0 aliphatic carbocycles. The van der Waals surface area contributed by atoms with Crippen LogP contribution in [0.4, 0.5) is 11.8 Å². The first kappa shape index (κ1) is 11.0. The van der Waals surface area contributed by atoms with Gasteiger partial charge in [-0.05, 0) is 18.4 Å². The largest absolute Gasteiger partial charge is 0.369 e. The van der Waals surface area contributed by atoms with Crippen molar-refractivity contribution in [2.24, 2.45) is 0 Å². The van der Waals surface area contributed by atoms with Crippen LogP contribution in [0, 0.1) is 0 Å². The van der Waals surface area contributed by atoms with E-state index in [9.17, 15) is 0 Å². The van der Waals surface area contributed by atoms with E-state index in [1.165, 1.54) is 0 Å². The van der Waals surface area contributed by atoms with E-state index in [2.05, 4.69) is 21.5 Å². The van der Waals surface area contributed by atoms with E-state index in [1.54, 1.807) is 11.8 Å². The number of para-hydroxylation sites is 1. The number of hydrogen-bond donors (Lipinski definition) is 2. The molecule has 0 spiro atoms. The molecule has 2 aromatic rings. The maximum Gasteiger partial charge on any atom is 0.222 e. The highest BCUT2D eigenvalue weighted by molar-refractivity contribution is 7.98. The molecule has 0 saturated heterocycles. The van der Waals surface area contributed by atoms with Gasteiger partial charge in [0.25, 0.3) is 0 Å². The lowest BCUT2D eigenvalue weighted by Gasteiger charge is -2.08. The number of hydrogen-bond acceptors (Lipinski definition) is 5. The lowest BCUT2D eigenvalue weighted by Crippen LogP contribution is -2.08. The van der Waals surface area contributed by atoms with Crippen molar-refractivity contribution in [1.29, 1.82) is 0 Å². The number of thioether (sulfide) groups is 1. The monoisotopic (exact) mass is 234 g/mol. The molecule has 1 aromatic heterocycles. The normalized spacial score (nSPS) is 10.6. The van der Waals surface area contributed by atoms with Gasteiger partial charge in [0.15, 0.2) is 0 Å². The topological polar surface area (TPSA) is 63.8 Å². The maximum absolute atomic E-state index is 5.66. The quantitative estimate of drug-likeness (QED) is 0.792. The Hall–Kier alpha value is -1.49. The Kier molecular flexibility index (Phi) is 3.46. The van der Waals surface area contributed by atoms with Crippen LogP contribution in [0.1, 0.15) is 0 Å². The zero-order valence-corrected chi connectivity index (χ0v) is 9.92. The lowest BCUT2D eigenvalue weighted by atomic mass is 10.2. The molecule has 0 aliphatic rings. The Labute approximate surface area is 98.7 Å². The molecule has 0 saturated carbocycles. The van der Waals surface area contributed by atoms with Crippen molar-refractivity contribution in [2.45, 2.75) is 0 Å². The molecule has 4 nitrogen and oxygen atoms in total. The molecule has 84 valence electrons. The van der Waals surface area contributed by atoms with Crippen molar-refractivity contribution >= 4 is 34.4 Å². The van der Waals surface area contributed by atoms with E-state index in [4.69, 9.17) is 5.73 Å². The number of fused-ring (bicyclic) bond motifs is 1. The molecular weight excluding hydrogens is 220 g/mol. The fourth-order valence-electron chi connectivity index (χ4n) is 1.50. The molecule has 0 amide bonds. The van der Waals surface area contributed by atoms with Gasteiger partial charge in [0.2, 0.25) is 5.95 Å². The number of nitrogens with zero attached hydrogens (tertiary/aromatic N) is 2. The third-order valence-corrected chi connectivity index (χ3v) is 2.83. The summed E-state index contributed by atoms with van der Waals surface area (Å²) in [6.07, 6.45) is 2.08. The van der Waals surface area contributed by atoms with Gasteiger partial charge in [0.1, 0.15) is 5.82 Å². The molecule has 1 heterocycles. The summed E-state index contributed by atoms with van der Waals surface area (Å²) in [7, 11) is 0. The SMILES string of the molecule is CSCCNc1nc(N)nc2ccccc12. The van der Waals surface area contributed by atoms with Crippen molar-refractivity contribution in [3.05, 3.63) is 24.3 Å². The Bertz CT molecular complexity index is 486. The van der Waals surface area contributed by atoms with Crippen LogP contribution in [-0.4, -0.2) is 28.5 Å². The zero-order valence-electron chi connectivity index (χ0n) is 9.10. The van der Waals surface area contributed by atoms with E-state index >= 15 is 0 Å². The predicted octanol–water partition coefficient (Wildman–Crippen LogP) is 1.99. The number of rotatable bonds is 4. The molecule has 0 fully saturated rings. The first-order valence-electron chi connectivity index (χ1n) is 5.06. The number of nitrogens with two attached hydrogens (primary N) is 1. The third-order valence-electron chi connectivity index (χ3n) is 2.22. The van der Waals surface area contributed by atoms with E-state index in [0.717, 1.165) is 29.0 Å². The minimum Gasteiger partial charge on any atom is -0.369 e. The minimum absolute atomic E-state index is 0.311. The standard InChI is InChI=1S/C11H14N4S/c1-16-7-6-13-10-8-4-2-3-5-9(8)14-11(12)15-10/h2-5H,6-7H2,1H3,(H3,12,13,14,15).